The number of rotatable bonds is 6. The molecule has 0 heterocycles. The number of benzene rings is 1. The molecule has 0 bridgehead atoms. The van der Waals surface area contributed by atoms with Crippen molar-refractivity contribution < 1.29 is 9.53 Å². The van der Waals surface area contributed by atoms with Crippen LogP contribution in [0.3, 0.4) is 0 Å². The van der Waals surface area contributed by atoms with Gasteiger partial charge in [0.15, 0.2) is 5.78 Å². The van der Waals surface area contributed by atoms with Crippen LogP contribution < -0.4 is 0 Å². The van der Waals surface area contributed by atoms with Gasteiger partial charge in [-0.3, -0.25) is 4.79 Å². The standard InChI is InChI=1S/C14H19NO2/c1-12(16)14-6-4-13(5-7-14)8-10-17-11-9-15(2)3/h4-8,10H,9,11H2,1-3H3/b10-8-. The summed E-state index contributed by atoms with van der Waals surface area (Å²) < 4.78 is 5.34. The molecule has 0 atom stereocenters. The van der Waals surface area contributed by atoms with Gasteiger partial charge in [0.2, 0.25) is 0 Å². The fraction of sp³-hybridized carbons (Fsp3) is 0.357. The van der Waals surface area contributed by atoms with Gasteiger partial charge in [0, 0.05) is 12.1 Å². The molecule has 0 fully saturated rings. The van der Waals surface area contributed by atoms with Crippen molar-refractivity contribution in [2.24, 2.45) is 0 Å². The van der Waals surface area contributed by atoms with Crippen LogP contribution in [-0.2, 0) is 4.74 Å². The number of ketones is 1. The number of hydrogen-bond donors (Lipinski definition) is 0. The van der Waals surface area contributed by atoms with Crippen LogP contribution >= 0.6 is 0 Å². The first-order valence-corrected chi connectivity index (χ1v) is 5.63. The van der Waals surface area contributed by atoms with Crippen molar-refractivity contribution in [2.75, 3.05) is 27.2 Å². The third kappa shape index (κ3) is 5.31. The summed E-state index contributed by atoms with van der Waals surface area (Å²) in [6.45, 7) is 3.14. The summed E-state index contributed by atoms with van der Waals surface area (Å²) in [6, 6.07) is 7.45. The SMILES string of the molecule is CC(=O)c1ccc(/C=C\OCCN(C)C)cc1. The molecule has 92 valence electrons. The topological polar surface area (TPSA) is 29.5 Å². The van der Waals surface area contributed by atoms with Gasteiger partial charge < -0.3 is 9.64 Å². The lowest BCUT2D eigenvalue weighted by Gasteiger charge is -2.07. The van der Waals surface area contributed by atoms with E-state index in [-0.39, 0.29) is 5.78 Å². The maximum absolute atomic E-state index is 11.1. The van der Waals surface area contributed by atoms with Gasteiger partial charge in [-0.2, -0.15) is 0 Å². The number of hydrogen-bond acceptors (Lipinski definition) is 3. The summed E-state index contributed by atoms with van der Waals surface area (Å²) >= 11 is 0. The number of carbonyl (C=O) groups is 1. The van der Waals surface area contributed by atoms with Gasteiger partial charge >= 0.3 is 0 Å². The average Bonchev–Trinajstić information content (AvgIpc) is 2.29. The Morgan fingerprint density at radius 1 is 1.29 bits per heavy atom. The Morgan fingerprint density at radius 2 is 1.94 bits per heavy atom. The second kappa shape index (κ2) is 6.86. The Kier molecular flexibility index (Phi) is 5.43. The quantitative estimate of drug-likeness (QED) is 0.429. The zero-order chi connectivity index (χ0) is 12.7. The summed E-state index contributed by atoms with van der Waals surface area (Å²) in [4.78, 5) is 13.1. The number of nitrogens with zero attached hydrogens (tertiary/aromatic N) is 1. The number of Topliss-reactive ketones (excluding diaryl/α,β-unsaturated/α-hetero) is 1. The van der Waals surface area contributed by atoms with Gasteiger partial charge in [-0.15, -0.1) is 0 Å². The normalized spacial score (nSPS) is 11.1. The molecular formula is C14H19NO2. The molecule has 0 N–H and O–H groups in total. The van der Waals surface area contributed by atoms with Crippen LogP contribution in [0.4, 0.5) is 0 Å². The van der Waals surface area contributed by atoms with E-state index >= 15 is 0 Å². The fourth-order valence-electron chi connectivity index (χ4n) is 1.26. The predicted octanol–water partition coefficient (Wildman–Crippen LogP) is 2.44. The van der Waals surface area contributed by atoms with E-state index < -0.39 is 0 Å². The maximum Gasteiger partial charge on any atom is 0.159 e. The van der Waals surface area contributed by atoms with Gasteiger partial charge in [-0.1, -0.05) is 24.3 Å². The zero-order valence-electron chi connectivity index (χ0n) is 10.6. The van der Waals surface area contributed by atoms with Crippen LogP contribution in [0.2, 0.25) is 0 Å². The molecule has 0 saturated heterocycles. The number of likely N-dealkylation sites (N-methyl/N-ethyl adjacent to an activating group) is 1. The van der Waals surface area contributed by atoms with E-state index in [0.717, 1.165) is 17.7 Å². The van der Waals surface area contributed by atoms with E-state index in [9.17, 15) is 4.79 Å². The minimum Gasteiger partial charge on any atom is -0.500 e. The van der Waals surface area contributed by atoms with E-state index in [1.54, 1.807) is 13.2 Å². The van der Waals surface area contributed by atoms with E-state index in [1.165, 1.54) is 0 Å². The second-order valence-electron chi connectivity index (χ2n) is 4.16. The molecule has 3 nitrogen and oxygen atoms in total. The summed E-state index contributed by atoms with van der Waals surface area (Å²) in [7, 11) is 4.01. The third-order valence-corrected chi connectivity index (χ3v) is 2.33. The highest BCUT2D eigenvalue weighted by atomic mass is 16.5. The van der Waals surface area contributed by atoms with Gasteiger partial charge in [-0.05, 0) is 32.7 Å². The third-order valence-electron chi connectivity index (χ3n) is 2.33. The summed E-state index contributed by atoms with van der Waals surface area (Å²) in [5, 5.41) is 0. The molecule has 17 heavy (non-hydrogen) atoms. The van der Waals surface area contributed by atoms with Crippen molar-refractivity contribution in [3.05, 3.63) is 41.7 Å². The van der Waals surface area contributed by atoms with Crippen LogP contribution in [0.15, 0.2) is 30.5 Å². The number of ether oxygens (including phenoxy) is 1. The Balaban J connectivity index is 2.41. The van der Waals surface area contributed by atoms with Crippen LogP contribution in [0, 0.1) is 0 Å². The van der Waals surface area contributed by atoms with E-state index in [4.69, 9.17) is 4.74 Å². The first-order chi connectivity index (χ1) is 8.09. The fourth-order valence-corrected chi connectivity index (χ4v) is 1.26. The van der Waals surface area contributed by atoms with E-state index in [2.05, 4.69) is 4.90 Å². The molecule has 0 spiro atoms. The zero-order valence-corrected chi connectivity index (χ0v) is 10.6. The summed E-state index contributed by atoms with van der Waals surface area (Å²) in [6.07, 6.45) is 3.58. The molecular weight excluding hydrogens is 214 g/mol. The van der Waals surface area contributed by atoms with Crippen molar-refractivity contribution in [1.29, 1.82) is 0 Å². The highest BCUT2D eigenvalue weighted by Gasteiger charge is 1.96. The van der Waals surface area contributed by atoms with E-state index in [1.807, 2.05) is 44.4 Å². The van der Waals surface area contributed by atoms with Crippen molar-refractivity contribution in [3.8, 4) is 0 Å². The maximum atomic E-state index is 11.1. The van der Waals surface area contributed by atoms with Crippen molar-refractivity contribution >= 4 is 11.9 Å². The minimum atomic E-state index is 0.0859. The van der Waals surface area contributed by atoms with Crippen LogP contribution in [0.25, 0.3) is 6.08 Å². The average molecular weight is 233 g/mol. The molecule has 0 aromatic heterocycles. The van der Waals surface area contributed by atoms with Crippen molar-refractivity contribution in [2.45, 2.75) is 6.92 Å². The molecule has 0 radical (unpaired) electrons. The number of carbonyl (C=O) groups excluding carboxylic acids is 1. The highest BCUT2D eigenvalue weighted by molar-refractivity contribution is 5.94. The van der Waals surface area contributed by atoms with Gasteiger partial charge in [0.25, 0.3) is 0 Å². The van der Waals surface area contributed by atoms with Gasteiger partial charge in [-0.25, -0.2) is 0 Å². The molecule has 0 amide bonds. The highest BCUT2D eigenvalue weighted by Crippen LogP contribution is 2.06. The first kappa shape index (κ1) is 13.5. The van der Waals surface area contributed by atoms with Crippen LogP contribution in [0.1, 0.15) is 22.8 Å². The van der Waals surface area contributed by atoms with Crippen molar-refractivity contribution in [1.82, 2.24) is 4.90 Å². The monoisotopic (exact) mass is 233 g/mol. The molecule has 1 aromatic carbocycles. The van der Waals surface area contributed by atoms with E-state index in [0.29, 0.717) is 6.61 Å². The molecule has 1 aromatic rings. The first-order valence-electron chi connectivity index (χ1n) is 5.63. The lowest BCUT2D eigenvalue weighted by Crippen LogP contribution is -2.16. The predicted molar refractivity (Wildman–Crippen MR) is 70.0 cm³/mol. The molecule has 3 heteroatoms. The Bertz CT molecular complexity index is 380. The van der Waals surface area contributed by atoms with Crippen LogP contribution in [0.5, 0.6) is 0 Å². The molecule has 0 aliphatic rings. The molecule has 0 unspecified atom stereocenters. The Labute approximate surface area is 103 Å². The second-order valence-corrected chi connectivity index (χ2v) is 4.16. The Morgan fingerprint density at radius 3 is 2.47 bits per heavy atom. The summed E-state index contributed by atoms with van der Waals surface area (Å²) in [5.74, 6) is 0.0859. The van der Waals surface area contributed by atoms with Gasteiger partial charge in [0.05, 0.1) is 12.9 Å². The molecule has 1 rings (SSSR count). The molecule has 0 aliphatic carbocycles. The lowest BCUT2D eigenvalue weighted by molar-refractivity contribution is 0.101. The summed E-state index contributed by atoms with van der Waals surface area (Å²) in [5.41, 5.74) is 1.76. The smallest absolute Gasteiger partial charge is 0.159 e. The largest absolute Gasteiger partial charge is 0.500 e. The lowest BCUT2D eigenvalue weighted by atomic mass is 10.1. The minimum absolute atomic E-state index is 0.0859. The molecule has 0 saturated carbocycles. The Hall–Kier alpha value is -1.61. The van der Waals surface area contributed by atoms with Gasteiger partial charge in [0.1, 0.15) is 0 Å². The van der Waals surface area contributed by atoms with Crippen molar-refractivity contribution in [3.63, 3.8) is 0 Å². The van der Waals surface area contributed by atoms with Crippen LogP contribution in [-0.4, -0.2) is 37.9 Å². The molecule has 0 aliphatic heterocycles.